The van der Waals surface area contributed by atoms with Crippen LogP contribution in [0.5, 0.6) is 0 Å². The fourth-order valence-electron chi connectivity index (χ4n) is 2.12. The van der Waals surface area contributed by atoms with Gasteiger partial charge in [0.05, 0.1) is 17.7 Å². The predicted molar refractivity (Wildman–Crippen MR) is 77.3 cm³/mol. The standard InChI is InChI=1S/C14H20N4O2/c1-5-18(9-10(2)8-15)14-12(6-7-13(19)20)11(3)16-17(14)4/h6-7,10H,5,9H2,1-4H3,(H,19,20). The van der Waals surface area contributed by atoms with Crippen molar-refractivity contribution in [3.05, 3.63) is 17.3 Å². The molecule has 0 saturated heterocycles. The molecule has 0 saturated carbocycles. The van der Waals surface area contributed by atoms with Crippen molar-refractivity contribution in [1.29, 1.82) is 5.26 Å². The summed E-state index contributed by atoms with van der Waals surface area (Å²) in [5.74, 6) is -0.265. The third-order valence-electron chi connectivity index (χ3n) is 3.03. The van der Waals surface area contributed by atoms with Gasteiger partial charge < -0.3 is 10.0 Å². The molecule has 1 aromatic rings. The summed E-state index contributed by atoms with van der Waals surface area (Å²) >= 11 is 0. The summed E-state index contributed by atoms with van der Waals surface area (Å²) in [7, 11) is 1.82. The van der Waals surface area contributed by atoms with Gasteiger partial charge >= 0.3 is 5.97 Å². The van der Waals surface area contributed by atoms with Crippen LogP contribution >= 0.6 is 0 Å². The van der Waals surface area contributed by atoms with Crippen LogP contribution in [0.3, 0.4) is 0 Å². The molecule has 0 aliphatic carbocycles. The smallest absolute Gasteiger partial charge is 0.328 e. The summed E-state index contributed by atoms with van der Waals surface area (Å²) in [6, 6.07) is 2.21. The number of aromatic nitrogens is 2. The Labute approximate surface area is 118 Å². The number of aliphatic carboxylic acids is 1. The maximum absolute atomic E-state index is 10.7. The van der Waals surface area contributed by atoms with E-state index in [1.54, 1.807) is 10.8 Å². The first kappa shape index (κ1) is 15.8. The lowest BCUT2D eigenvalue weighted by Gasteiger charge is -2.24. The molecule has 6 nitrogen and oxygen atoms in total. The number of nitrogens with zero attached hydrogens (tertiary/aromatic N) is 4. The van der Waals surface area contributed by atoms with Crippen LogP contribution in [-0.4, -0.2) is 33.9 Å². The van der Waals surface area contributed by atoms with E-state index in [1.807, 2.05) is 32.7 Å². The highest BCUT2D eigenvalue weighted by molar-refractivity contribution is 5.87. The Bertz CT molecular complexity index is 554. The van der Waals surface area contributed by atoms with Crippen LogP contribution in [0.15, 0.2) is 6.08 Å². The van der Waals surface area contributed by atoms with Gasteiger partial charge in [0.25, 0.3) is 0 Å². The van der Waals surface area contributed by atoms with Crippen LogP contribution in [0.4, 0.5) is 5.82 Å². The monoisotopic (exact) mass is 276 g/mol. The first-order valence-corrected chi connectivity index (χ1v) is 6.49. The van der Waals surface area contributed by atoms with Gasteiger partial charge in [-0.05, 0) is 26.8 Å². The molecule has 1 aromatic heterocycles. The summed E-state index contributed by atoms with van der Waals surface area (Å²) in [5, 5.41) is 22.1. The van der Waals surface area contributed by atoms with E-state index in [4.69, 9.17) is 10.4 Å². The van der Waals surface area contributed by atoms with E-state index in [2.05, 4.69) is 11.2 Å². The largest absolute Gasteiger partial charge is 0.478 e. The average Bonchev–Trinajstić information content (AvgIpc) is 2.67. The van der Waals surface area contributed by atoms with E-state index in [1.165, 1.54) is 0 Å². The van der Waals surface area contributed by atoms with Crippen molar-refractivity contribution in [3.8, 4) is 6.07 Å². The number of hydrogen-bond acceptors (Lipinski definition) is 4. The Hall–Kier alpha value is -2.29. The van der Waals surface area contributed by atoms with Gasteiger partial charge in [0.2, 0.25) is 0 Å². The second kappa shape index (κ2) is 6.75. The molecular formula is C14H20N4O2. The van der Waals surface area contributed by atoms with E-state index in [0.29, 0.717) is 6.54 Å². The maximum atomic E-state index is 10.7. The Morgan fingerprint density at radius 3 is 2.80 bits per heavy atom. The van der Waals surface area contributed by atoms with Crippen molar-refractivity contribution in [2.75, 3.05) is 18.0 Å². The zero-order valence-corrected chi connectivity index (χ0v) is 12.3. The fourth-order valence-corrected chi connectivity index (χ4v) is 2.12. The molecule has 0 radical (unpaired) electrons. The molecule has 0 aliphatic heterocycles. The number of rotatable bonds is 6. The normalized spacial score (nSPS) is 12.3. The quantitative estimate of drug-likeness (QED) is 0.801. The molecule has 0 bridgehead atoms. The van der Waals surface area contributed by atoms with E-state index < -0.39 is 5.97 Å². The van der Waals surface area contributed by atoms with Crippen LogP contribution < -0.4 is 4.90 Å². The van der Waals surface area contributed by atoms with E-state index >= 15 is 0 Å². The Morgan fingerprint density at radius 1 is 1.65 bits per heavy atom. The number of carboxylic acids is 1. The Kier molecular flexibility index (Phi) is 5.32. The van der Waals surface area contributed by atoms with Crippen molar-refractivity contribution in [2.45, 2.75) is 20.8 Å². The molecule has 1 unspecified atom stereocenters. The van der Waals surface area contributed by atoms with E-state index in [-0.39, 0.29) is 5.92 Å². The van der Waals surface area contributed by atoms with Gasteiger partial charge in [-0.3, -0.25) is 4.68 Å². The van der Waals surface area contributed by atoms with Gasteiger partial charge in [0, 0.05) is 31.8 Å². The average molecular weight is 276 g/mol. The van der Waals surface area contributed by atoms with Crippen molar-refractivity contribution in [2.24, 2.45) is 13.0 Å². The molecule has 1 heterocycles. The van der Waals surface area contributed by atoms with Crippen molar-refractivity contribution >= 4 is 17.9 Å². The van der Waals surface area contributed by atoms with Crippen molar-refractivity contribution < 1.29 is 9.90 Å². The summed E-state index contributed by atoms with van der Waals surface area (Å²) in [5.41, 5.74) is 1.55. The highest BCUT2D eigenvalue weighted by Gasteiger charge is 2.18. The number of nitriles is 1. The zero-order valence-electron chi connectivity index (χ0n) is 12.3. The predicted octanol–water partition coefficient (Wildman–Crippen LogP) is 1.81. The van der Waals surface area contributed by atoms with Gasteiger partial charge in [-0.1, -0.05) is 0 Å². The summed E-state index contributed by atoms with van der Waals surface area (Å²) in [4.78, 5) is 12.7. The number of hydrogen-bond donors (Lipinski definition) is 1. The Morgan fingerprint density at radius 2 is 2.30 bits per heavy atom. The van der Waals surface area contributed by atoms with E-state index in [0.717, 1.165) is 29.7 Å². The van der Waals surface area contributed by atoms with Gasteiger partial charge in [-0.15, -0.1) is 0 Å². The molecule has 1 atom stereocenters. The van der Waals surface area contributed by atoms with Crippen LogP contribution in [0.25, 0.3) is 6.08 Å². The molecule has 0 amide bonds. The number of anilines is 1. The van der Waals surface area contributed by atoms with Crippen LogP contribution in [-0.2, 0) is 11.8 Å². The fraction of sp³-hybridized carbons (Fsp3) is 0.500. The minimum atomic E-state index is -0.993. The SMILES string of the molecule is CCN(CC(C)C#N)c1c(C=CC(=O)O)c(C)nn1C. The Balaban J connectivity index is 3.21. The summed E-state index contributed by atoms with van der Waals surface area (Å²) in [6.45, 7) is 7.00. The van der Waals surface area contributed by atoms with Crippen molar-refractivity contribution in [3.63, 3.8) is 0 Å². The minimum Gasteiger partial charge on any atom is -0.478 e. The van der Waals surface area contributed by atoms with Gasteiger partial charge in [0.15, 0.2) is 0 Å². The second-order valence-corrected chi connectivity index (χ2v) is 4.69. The third kappa shape index (κ3) is 3.60. The zero-order chi connectivity index (χ0) is 15.3. The van der Waals surface area contributed by atoms with Crippen LogP contribution in [0.1, 0.15) is 25.1 Å². The first-order valence-electron chi connectivity index (χ1n) is 6.49. The van der Waals surface area contributed by atoms with Crippen LogP contribution in [0.2, 0.25) is 0 Å². The number of carboxylic acid groups (broad SMARTS) is 1. The lowest BCUT2D eigenvalue weighted by atomic mass is 10.1. The highest BCUT2D eigenvalue weighted by Crippen LogP contribution is 2.25. The molecule has 0 spiro atoms. The molecule has 0 aromatic carbocycles. The van der Waals surface area contributed by atoms with Crippen molar-refractivity contribution in [1.82, 2.24) is 9.78 Å². The molecule has 0 aliphatic rings. The molecule has 0 fully saturated rings. The molecule has 1 rings (SSSR count). The lowest BCUT2D eigenvalue weighted by Crippen LogP contribution is -2.30. The van der Waals surface area contributed by atoms with E-state index in [9.17, 15) is 4.79 Å². The lowest BCUT2D eigenvalue weighted by molar-refractivity contribution is -0.131. The molecule has 108 valence electrons. The number of carbonyl (C=O) groups is 1. The van der Waals surface area contributed by atoms with Gasteiger partial charge in [-0.2, -0.15) is 10.4 Å². The summed E-state index contributed by atoms with van der Waals surface area (Å²) in [6.07, 6.45) is 2.66. The molecule has 6 heteroatoms. The molecule has 1 N–H and O–H groups in total. The topological polar surface area (TPSA) is 82.2 Å². The van der Waals surface area contributed by atoms with Gasteiger partial charge in [-0.25, -0.2) is 4.79 Å². The third-order valence-corrected chi connectivity index (χ3v) is 3.03. The maximum Gasteiger partial charge on any atom is 0.328 e. The van der Waals surface area contributed by atoms with Crippen LogP contribution in [0, 0.1) is 24.2 Å². The number of aryl methyl sites for hydroxylation is 2. The highest BCUT2D eigenvalue weighted by atomic mass is 16.4. The molecule has 20 heavy (non-hydrogen) atoms. The molecular weight excluding hydrogens is 256 g/mol. The minimum absolute atomic E-state index is 0.110. The second-order valence-electron chi connectivity index (χ2n) is 4.69. The summed E-state index contributed by atoms with van der Waals surface area (Å²) < 4.78 is 1.73. The first-order chi connectivity index (χ1) is 9.40. The van der Waals surface area contributed by atoms with Gasteiger partial charge in [0.1, 0.15) is 5.82 Å².